The third kappa shape index (κ3) is 2.84. The monoisotopic (exact) mass is 234 g/mol. The van der Waals surface area contributed by atoms with Gasteiger partial charge < -0.3 is 14.2 Å². The summed E-state index contributed by atoms with van der Waals surface area (Å²) >= 11 is 6.08. The highest BCUT2D eigenvalue weighted by atomic mass is 35.5. The first-order chi connectivity index (χ1) is 7.31. The van der Waals surface area contributed by atoms with Crippen LogP contribution in [0.3, 0.4) is 0 Å². The van der Waals surface area contributed by atoms with E-state index in [1.165, 1.54) is 0 Å². The van der Waals surface area contributed by atoms with Gasteiger partial charge in [-0.05, 0) is 26.2 Å². The van der Waals surface area contributed by atoms with Gasteiger partial charge in [0.05, 0.1) is 17.6 Å². The predicted octanol–water partition coefficient (Wildman–Crippen LogP) is 1.97. The summed E-state index contributed by atoms with van der Waals surface area (Å²) in [6, 6.07) is 0. The molecule has 0 N–H and O–H groups in total. The number of rotatable bonds is 4. The Labute approximate surface area is 96.0 Å². The van der Waals surface area contributed by atoms with Crippen molar-refractivity contribution in [1.82, 2.24) is 0 Å². The second-order valence-corrected chi connectivity index (χ2v) is 4.72. The van der Waals surface area contributed by atoms with Gasteiger partial charge in [-0.2, -0.15) is 0 Å². The Hall–Kier alpha value is 0.170. The van der Waals surface area contributed by atoms with Gasteiger partial charge in [0.2, 0.25) is 0 Å². The molecule has 0 amide bonds. The zero-order valence-corrected chi connectivity index (χ0v) is 9.91. The smallest absolute Gasteiger partial charge is 0.100 e. The van der Waals surface area contributed by atoms with Gasteiger partial charge in [-0.1, -0.05) is 0 Å². The van der Waals surface area contributed by atoms with Crippen LogP contribution in [0.2, 0.25) is 0 Å². The van der Waals surface area contributed by atoms with Gasteiger partial charge >= 0.3 is 0 Å². The zero-order chi connectivity index (χ0) is 10.7. The van der Waals surface area contributed by atoms with Crippen molar-refractivity contribution in [3.05, 3.63) is 0 Å². The highest BCUT2D eigenvalue weighted by Crippen LogP contribution is 2.33. The molecule has 3 unspecified atom stereocenters. The molecule has 0 bridgehead atoms. The zero-order valence-electron chi connectivity index (χ0n) is 9.15. The predicted molar refractivity (Wildman–Crippen MR) is 58.4 cm³/mol. The van der Waals surface area contributed by atoms with E-state index in [9.17, 15) is 0 Å². The lowest BCUT2D eigenvalue weighted by Gasteiger charge is -2.42. The summed E-state index contributed by atoms with van der Waals surface area (Å²) < 4.78 is 16.8. The highest BCUT2D eigenvalue weighted by Gasteiger charge is 2.42. The van der Waals surface area contributed by atoms with E-state index >= 15 is 0 Å². The molecule has 0 spiro atoms. The van der Waals surface area contributed by atoms with Crippen LogP contribution < -0.4 is 0 Å². The van der Waals surface area contributed by atoms with Gasteiger partial charge in [0.1, 0.15) is 6.10 Å². The summed E-state index contributed by atoms with van der Waals surface area (Å²) in [7, 11) is 0. The highest BCUT2D eigenvalue weighted by molar-refractivity contribution is 6.21. The second-order valence-electron chi connectivity index (χ2n) is 4.16. The molecule has 1 saturated heterocycles. The van der Waals surface area contributed by atoms with E-state index in [0.717, 1.165) is 32.5 Å². The molecule has 3 atom stereocenters. The Kier molecular flexibility index (Phi) is 4.26. The molecule has 2 aliphatic rings. The Bertz CT molecular complexity index is 194. The molecule has 0 aromatic rings. The third-order valence-electron chi connectivity index (χ3n) is 3.08. The van der Waals surface area contributed by atoms with E-state index in [1.54, 1.807) is 0 Å². The molecular weight excluding hydrogens is 216 g/mol. The normalized spacial score (nSPS) is 37.6. The van der Waals surface area contributed by atoms with E-state index in [4.69, 9.17) is 25.8 Å². The van der Waals surface area contributed by atoms with Gasteiger partial charge in [-0.25, -0.2) is 0 Å². The van der Waals surface area contributed by atoms with Gasteiger partial charge in [0.15, 0.2) is 0 Å². The average molecular weight is 235 g/mol. The van der Waals surface area contributed by atoms with E-state index in [0.29, 0.717) is 12.7 Å². The first kappa shape index (κ1) is 11.6. The van der Waals surface area contributed by atoms with E-state index in [2.05, 4.69) is 0 Å². The molecule has 2 rings (SSSR count). The summed E-state index contributed by atoms with van der Waals surface area (Å²) in [5, 5.41) is 0.134. The Morgan fingerprint density at radius 2 is 2.07 bits per heavy atom. The molecule has 0 aromatic heterocycles. The molecule has 0 radical (unpaired) electrons. The second kappa shape index (κ2) is 5.48. The van der Waals surface area contributed by atoms with Crippen molar-refractivity contribution in [2.24, 2.45) is 0 Å². The van der Waals surface area contributed by atoms with Crippen LogP contribution in [0.25, 0.3) is 0 Å². The van der Waals surface area contributed by atoms with E-state index in [1.807, 2.05) is 6.92 Å². The van der Waals surface area contributed by atoms with Gasteiger partial charge in [-0.3, -0.25) is 0 Å². The van der Waals surface area contributed by atoms with Crippen LogP contribution in [0.1, 0.15) is 26.2 Å². The van der Waals surface area contributed by atoms with Crippen molar-refractivity contribution in [2.75, 3.05) is 19.8 Å². The minimum Gasteiger partial charge on any atom is -0.381 e. The summed E-state index contributed by atoms with van der Waals surface area (Å²) in [6.45, 7) is 4.34. The molecular formula is C11H19ClO3. The van der Waals surface area contributed by atoms with Crippen LogP contribution in [0.15, 0.2) is 0 Å². The maximum absolute atomic E-state index is 6.08. The minimum atomic E-state index is 0.0968. The maximum Gasteiger partial charge on any atom is 0.100 e. The molecule has 88 valence electrons. The summed E-state index contributed by atoms with van der Waals surface area (Å²) in [5.41, 5.74) is 0. The third-order valence-corrected chi connectivity index (χ3v) is 3.50. The molecule has 1 heterocycles. The number of alkyl halides is 1. The van der Waals surface area contributed by atoms with Crippen LogP contribution in [-0.4, -0.2) is 43.5 Å². The lowest BCUT2D eigenvalue weighted by molar-refractivity contribution is -0.161. The fraction of sp³-hybridized carbons (Fsp3) is 1.00. The maximum atomic E-state index is 6.08. The SMILES string of the molecule is CCOC1C(Cl)CC1OC1CCOCC1. The number of hydrogen-bond acceptors (Lipinski definition) is 3. The van der Waals surface area contributed by atoms with Gasteiger partial charge in [-0.15, -0.1) is 11.6 Å². The Morgan fingerprint density at radius 3 is 2.67 bits per heavy atom. The van der Waals surface area contributed by atoms with Crippen LogP contribution >= 0.6 is 11.6 Å². The van der Waals surface area contributed by atoms with Crippen molar-refractivity contribution >= 4 is 11.6 Å². The van der Waals surface area contributed by atoms with Crippen LogP contribution in [-0.2, 0) is 14.2 Å². The quantitative estimate of drug-likeness (QED) is 0.696. The molecule has 0 aromatic carbocycles. The Morgan fingerprint density at radius 1 is 1.33 bits per heavy atom. The molecule has 1 aliphatic heterocycles. The van der Waals surface area contributed by atoms with E-state index in [-0.39, 0.29) is 17.6 Å². The standard InChI is InChI=1S/C11H19ClO3/c1-2-14-11-9(12)7-10(11)15-8-3-5-13-6-4-8/h8-11H,2-7H2,1H3. The number of ether oxygens (including phenoxy) is 3. The first-order valence-electron chi connectivity index (χ1n) is 5.80. The lowest BCUT2D eigenvalue weighted by atomic mass is 9.90. The summed E-state index contributed by atoms with van der Waals surface area (Å²) in [6.07, 6.45) is 3.57. The molecule has 15 heavy (non-hydrogen) atoms. The first-order valence-corrected chi connectivity index (χ1v) is 6.23. The fourth-order valence-electron chi connectivity index (χ4n) is 2.12. The molecule has 2 fully saturated rings. The summed E-state index contributed by atoms with van der Waals surface area (Å²) in [5.74, 6) is 0. The van der Waals surface area contributed by atoms with Crippen molar-refractivity contribution in [2.45, 2.75) is 49.9 Å². The molecule has 4 heteroatoms. The minimum absolute atomic E-state index is 0.0968. The van der Waals surface area contributed by atoms with Crippen LogP contribution in [0.4, 0.5) is 0 Å². The number of hydrogen-bond donors (Lipinski definition) is 0. The summed E-state index contributed by atoms with van der Waals surface area (Å²) in [4.78, 5) is 0. The average Bonchev–Trinajstić information content (AvgIpc) is 2.27. The van der Waals surface area contributed by atoms with Crippen molar-refractivity contribution in [1.29, 1.82) is 0 Å². The van der Waals surface area contributed by atoms with Crippen molar-refractivity contribution in [3.63, 3.8) is 0 Å². The van der Waals surface area contributed by atoms with Gasteiger partial charge in [0, 0.05) is 19.8 Å². The van der Waals surface area contributed by atoms with Crippen LogP contribution in [0.5, 0.6) is 0 Å². The van der Waals surface area contributed by atoms with Crippen LogP contribution in [0, 0.1) is 0 Å². The fourth-order valence-corrected chi connectivity index (χ4v) is 2.53. The molecule has 3 nitrogen and oxygen atoms in total. The molecule has 1 aliphatic carbocycles. The largest absolute Gasteiger partial charge is 0.381 e. The number of halogens is 1. The van der Waals surface area contributed by atoms with Crippen molar-refractivity contribution in [3.8, 4) is 0 Å². The Balaban J connectivity index is 1.74. The topological polar surface area (TPSA) is 27.7 Å². The molecule has 1 saturated carbocycles. The van der Waals surface area contributed by atoms with E-state index < -0.39 is 0 Å². The van der Waals surface area contributed by atoms with Gasteiger partial charge in [0.25, 0.3) is 0 Å². The van der Waals surface area contributed by atoms with Crippen molar-refractivity contribution < 1.29 is 14.2 Å². The lowest BCUT2D eigenvalue weighted by Crippen LogP contribution is -2.52.